The van der Waals surface area contributed by atoms with Crippen molar-refractivity contribution in [2.45, 2.75) is 76.1 Å². The van der Waals surface area contributed by atoms with Crippen molar-refractivity contribution in [2.24, 2.45) is 0 Å². The molecule has 1 aliphatic rings. The zero-order valence-corrected chi connectivity index (χ0v) is 14.1. The maximum atomic E-state index is 11.2. The molecular formula is C15H28O7. The number of rotatable bonds is 8. The van der Waals surface area contributed by atoms with Crippen molar-refractivity contribution in [3.63, 3.8) is 0 Å². The van der Waals surface area contributed by atoms with Crippen molar-refractivity contribution in [1.82, 2.24) is 0 Å². The predicted octanol–water partition coefficient (Wildman–Crippen LogP) is 3.47. The Balaban J connectivity index is 3.28. The van der Waals surface area contributed by atoms with Gasteiger partial charge in [0, 0.05) is 0 Å². The smallest absolute Gasteiger partial charge is 0.450 e. The molecule has 1 fully saturated rings. The molecule has 0 aliphatic heterocycles. The highest BCUT2D eigenvalue weighted by Crippen LogP contribution is 2.52. The third-order valence-electron chi connectivity index (χ3n) is 4.85. The Bertz CT molecular complexity index is 371. The lowest BCUT2D eigenvalue weighted by molar-refractivity contribution is -0.470. The van der Waals surface area contributed by atoms with Crippen molar-refractivity contribution in [1.29, 1.82) is 0 Å². The second kappa shape index (κ2) is 7.59. The normalized spacial score (nSPS) is 35.3. The fraction of sp³-hybridized carbons (Fsp3) is 0.933. The highest BCUT2D eigenvalue weighted by molar-refractivity contribution is 5.58. The van der Waals surface area contributed by atoms with E-state index in [0.717, 1.165) is 19.3 Å². The molecule has 0 saturated heterocycles. The first-order chi connectivity index (χ1) is 10.3. The number of ether oxygens (including phenoxy) is 1. The molecule has 0 spiro atoms. The molecule has 1 aliphatic carbocycles. The molecule has 1 rings (SSSR count). The SMILES string of the molecule is CCCCC1(OOC)CCCC(C)(OC(=O)O)C1(C)OOC. The maximum absolute atomic E-state index is 11.2. The molecule has 0 aromatic carbocycles. The Morgan fingerprint density at radius 2 is 1.77 bits per heavy atom. The molecule has 0 bridgehead atoms. The van der Waals surface area contributed by atoms with E-state index in [4.69, 9.17) is 29.4 Å². The molecule has 0 heterocycles. The average molecular weight is 320 g/mol. The van der Waals surface area contributed by atoms with Crippen molar-refractivity contribution in [3.8, 4) is 0 Å². The first-order valence-electron chi connectivity index (χ1n) is 7.66. The first-order valence-corrected chi connectivity index (χ1v) is 7.66. The Hall–Kier alpha value is -0.890. The molecule has 0 amide bonds. The molecule has 7 nitrogen and oxygen atoms in total. The Morgan fingerprint density at radius 3 is 2.27 bits per heavy atom. The third kappa shape index (κ3) is 3.37. The number of hydrogen-bond acceptors (Lipinski definition) is 6. The van der Waals surface area contributed by atoms with Gasteiger partial charge in [-0.3, -0.25) is 0 Å². The van der Waals surface area contributed by atoms with Crippen LogP contribution in [0.5, 0.6) is 0 Å². The lowest BCUT2D eigenvalue weighted by Crippen LogP contribution is -2.70. The molecule has 3 atom stereocenters. The number of unbranched alkanes of at least 4 members (excludes halogenated alkanes) is 1. The van der Waals surface area contributed by atoms with Gasteiger partial charge in [0.1, 0.15) is 11.2 Å². The average Bonchev–Trinajstić information content (AvgIpc) is 2.42. The second-order valence-electron chi connectivity index (χ2n) is 6.08. The monoisotopic (exact) mass is 320 g/mol. The van der Waals surface area contributed by atoms with Crippen LogP contribution in [-0.2, 0) is 24.3 Å². The van der Waals surface area contributed by atoms with Gasteiger partial charge in [0.2, 0.25) is 0 Å². The van der Waals surface area contributed by atoms with Gasteiger partial charge in [-0.05, 0) is 39.5 Å². The van der Waals surface area contributed by atoms with Gasteiger partial charge in [0.15, 0.2) is 5.60 Å². The standard InChI is InChI=1S/C15H28O7/c1-6-7-10-15(22-19-5)11-8-9-13(2,20-12(16)17)14(15,3)21-18-4/h6-11H2,1-5H3,(H,16,17). The molecule has 7 heteroatoms. The van der Waals surface area contributed by atoms with E-state index in [0.29, 0.717) is 19.3 Å². The number of carbonyl (C=O) groups is 1. The van der Waals surface area contributed by atoms with Crippen LogP contribution in [0.15, 0.2) is 0 Å². The minimum atomic E-state index is -1.35. The first kappa shape index (κ1) is 19.2. The molecule has 3 unspecified atom stereocenters. The summed E-state index contributed by atoms with van der Waals surface area (Å²) >= 11 is 0. The molecule has 1 N–H and O–H groups in total. The fourth-order valence-corrected chi connectivity index (χ4v) is 3.49. The highest BCUT2D eigenvalue weighted by atomic mass is 17.2. The van der Waals surface area contributed by atoms with E-state index in [2.05, 4.69) is 6.92 Å². The predicted molar refractivity (Wildman–Crippen MR) is 78.2 cm³/mol. The van der Waals surface area contributed by atoms with Crippen molar-refractivity contribution >= 4 is 6.16 Å². The molecule has 1 saturated carbocycles. The van der Waals surface area contributed by atoms with Crippen LogP contribution in [-0.4, -0.2) is 42.3 Å². The van der Waals surface area contributed by atoms with Crippen LogP contribution in [0.25, 0.3) is 0 Å². The van der Waals surface area contributed by atoms with E-state index in [1.54, 1.807) is 13.8 Å². The van der Waals surface area contributed by atoms with Gasteiger partial charge < -0.3 is 9.84 Å². The van der Waals surface area contributed by atoms with Crippen LogP contribution in [0, 0.1) is 0 Å². The second-order valence-corrected chi connectivity index (χ2v) is 6.08. The molecule has 0 radical (unpaired) electrons. The minimum Gasteiger partial charge on any atom is -0.450 e. The summed E-state index contributed by atoms with van der Waals surface area (Å²) in [7, 11) is 2.82. The van der Waals surface area contributed by atoms with Crippen LogP contribution in [0.4, 0.5) is 4.79 Å². The summed E-state index contributed by atoms with van der Waals surface area (Å²) in [6.45, 7) is 5.54. The van der Waals surface area contributed by atoms with E-state index < -0.39 is 23.0 Å². The molecule has 22 heavy (non-hydrogen) atoms. The summed E-state index contributed by atoms with van der Waals surface area (Å²) in [6.07, 6.45) is 3.07. The topological polar surface area (TPSA) is 83.5 Å². The van der Waals surface area contributed by atoms with E-state index in [1.807, 2.05) is 0 Å². The van der Waals surface area contributed by atoms with Crippen LogP contribution in [0.1, 0.15) is 59.3 Å². The zero-order chi connectivity index (χ0) is 16.9. The van der Waals surface area contributed by atoms with Crippen molar-refractivity contribution in [2.75, 3.05) is 14.2 Å². The van der Waals surface area contributed by atoms with Crippen molar-refractivity contribution < 1.29 is 34.2 Å². The number of carboxylic acid groups (broad SMARTS) is 1. The van der Waals surface area contributed by atoms with Gasteiger partial charge >= 0.3 is 6.16 Å². The van der Waals surface area contributed by atoms with E-state index in [1.165, 1.54) is 14.2 Å². The van der Waals surface area contributed by atoms with Gasteiger partial charge in [-0.2, -0.15) is 0 Å². The summed E-state index contributed by atoms with van der Waals surface area (Å²) in [6, 6.07) is 0. The Kier molecular flexibility index (Phi) is 6.61. The van der Waals surface area contributed by atoms with Gasteiger partial charge in [0.05, 0.1) is 14.2 Å². The lowest BCUT2D eigenvalue weighted by Gasteiger charge is -2.56. The zero-order valence-electron chi connectivity index (χ0n) is 14.1. The third-order valence-corrected chi connectivity index (χ3v) is 4.85. The summed E-state index contributed by atoms with van der Waals surface area (Å²) < 4.78 is 5.20. The van der Waals surface area contributed by atoms with Crippen LogP contribution in [0.3, 0.4) is 0 Å². The maximum Gasteiger partial charge on any atom is 0.506 e. The molecular weight excluding hydrogens is 292 g/mol. The van der Waals surface area contributed by atoms with E-state index in [9.17, 15) is 4.79 Å². The Labute approximate surface area is 131 Å². The van der Waals surface area contributed by atoms with Gasteiger partial charge in [0.25, 0.3) is 0 Å². The van der Waals surface area contributed by atoms with Crippen LogP contribution < -0.4 is 0 Å². The molecule has 0 aromatic rings. The summed E-state index contributed by atoms with van der Waals surface area (Å²) in [5.74, 6) is 0. The lowest BCUT2D eigenvalue weighted by atomic mass is 9.62. The quantitative estimate of drug-likeness (QED) is 0.416. The van der Waals surface area contributed by atoms with Gasteiger partial charge in [-0.25, -0.2) is 24.3 Å². The minimum absolute atomic E-state index is 0.514. The fourth-order valence-electron chi connectivity index (χ4n) is 3.49. The largest absolute Gasteiger partial charge is 0.506 e. The summed E-state index contributed by atoms with van der Waals surface area (Å²) in [4.78, 5) is 32.3. The van der Waals surface area contributed by atoms with E-state index in [-0.39, 0.29) is 0 Å². The summed E-state index contributed by atoms with van der Waals surface area (Å²) in [5.41, 5.74) is -3.11. The van der Waals surface area contributed by atoms with Gasteiger partial charge in [-0.15, -0.1) is 0 Å². The highest BCUT2D eigenvalue weighted by Gasteiger charge is 2.66. The van der Waals surface area contributed by atoms with Crippen LogP contribution >= 0.6 is 0 Å². The summed E-state index contributed by atoms with van der Waals surface area (Å²) in [5, 5.41) is 9.12. The van der Waals surface area contributed by atoms with Crippen molar-refractivity contribution in [3.05, 3.63) is 0 Å². The van der Waals surface area contributed by atoms with Crippen LogP contribution in [0.2, 0.25) is 0 Å². The number of hydrogen-bond donors (Lipinski definition) is 1. The van der Waals surface area contributed by atoms with Gasteiger partial charge in [-0.1, -0.05) is 19.8 Å². The van der Waals surface area contributed by atoms with E-state index >= 15 is 0 Å². The molecule has 0 aromatic heterocycles. The Morgan fingerprint density at radius 1 is 1.14 bits per heavy atom. The molecule has 130 valence electrons.